The van der Waals surface area contributed by atoms with Crippen molar-refractivity contribution in [3.63, 3.8) is 0 Å². The molecule has 6 atom stereocenters. The van der Waals surface area contributed by atoms with Crippen LogP contribution >= 0.6 is 0 Å². The van der Waals surface area contributed by atoms with E-state index < -0.39 is 36.4 Å². The van der Waals surface area contributed by atoms with Gasteiger partial charge in [0.25, 0.3) is 0 Å². The SMILES string of the molecule is O=C(O[C@H]1CO[C@H]2[C@@H]1OC[C@H]2OC(=O)c1ccccc1CC1CO1)c1ccccc1CC1CO1. The summed E-state index contributed by atoms with van der Waals surface area (Å²) in [4.78, 5) is 25.8. The molecule has 2 aromatic carbocycles. The topological polar surface area (TPSA) is 96.1 Å². The lowest BCUT2D eigenvalue weighted by atomic mass is 10.0. The first-order chi connectivity index (χ1) is 16.7. The second-order valence-corrected chi connectivity index (χ2v) is 9.12. The second kappa shape index (κ2) is 9.11. The van der Waals surface area contributed by atoms with Gasteiger partial charge in [0.05, 0.1) is 49.8 Å². The number of fused-ring (bicyclic) bond motifs is 1. The van der Waals surface area contributed by atoms with Gasteiger partial charge in [-0.3, -0.25) is 0 Å². The number of epoxide rings is 2. The Morgan fingerprint density at radius 1 is 0.647 bits per heavy atom. The smallest absolute Gasteiger partial charge is 0.338 e. The minimum absolute atomic E-state index is 0.170. The predicted molar refractivity (Wildman–Crippen MR) is 118 cm³/mol. The number of hydrogen-bond acceptors (Lipinski definition) is 8. The summed E-state index contributed by atoms with van der Waals surface area (Å²) in [6.45, 7) is 1.82. The summed E-state index contributed by atoms with van der Waals surface area (Å²) >= 11 is 0. The zero-order chi connectivity index (χ0) is 23.1. The highest BCUT2D eigenvalue weighted by atomic mass is 16.7. The van der Waals surface area contributed by atoms with E-state index in [1.54, 1.807) is 12.1 Å². The Labute approximate surface area is 197 Å². The molecule has 0 N–H and O–H groups in total. The Kier molecular flexibility index (Phi) is 5.82. The minimum Gasteiger partial charge on any atom is -0.453 e. The van der Waals surface area contributed by atoms with Gasteiger partial charge in [0.1, 0.15) is 12.2 Å². The molecule has 0 bridgehead atoms. The van der Waals surface area contributed by atoms with E-state index in [0.29, 0.717) is 24.0 Å². The van der Waals surface area contributed by atoms with E-state index in [2.05, 4.69) is 0 Å². The minimum atomic E-state index is -0.564. The molecule has 4 aliphatic rings. The van der Waals surface area contributed by atoms with Gasteiger partial charge < -0.3 is 28.4 Å². The lowest BCUT2D eigenvalue weighted by Crippen LogP contribution is -2.36. The number of benzene rings is 2. The molecule has 2 aromatic rings. The van der Waals surface area contributed by atoms with Gasteiger partial charge in [-0.2, -0.15) is 0 Å². The molecule has 0 saturated carbocycles. The van der Waals surface area contributed by atoms with Gasteiger partial charge in [0.15, 0.2) is 12.2 Å². The molecule has 2 unspecified atom stereocenters. The fourth-order valence-electron chi connectivity index (χ4n) is 4.69. The Morgan fingerprint density at radius 3 is 1.47 bits per heavy atom. The number of hydrogen-bond donors (Lipinski definition) is 0. The van der Waals surface area contributed by atoms with Crippen molar-refractivity contribution in [2.24, 2.45) is 0 Å². The van der Waals surface area contributed by atoms with Crippen molar-refractivity contribution in [2.45, 2.75) is 49.5 Å². The number of rotatable bonds is 8. The summed E-state index contributed by atoms with van der Waals surface area (Å²) in [5.74, 6) is -0.823. The molecule has 4 saturated heterocycles. The van der Waals surface area contributed by atoms with Crippen LogP contribution < -0.4 is 0 Å². The molecule has 4 aliphatic heterocycles. The van der Waals surface area contributed by atoms with Crippen molar-refractivity contribution in [3.8, 4) is 0 Å². The van der Waals surface area contributed by atoms with Crippen molar-refractivity contribution < 1.29 is 38.0 Å². The molecule has 0 radical (unpaired) electrons. The molecule has 8 nitrogen and oxygen atoms in total. The Morgan fingerprint density at radius 2 is 1.06 bits per heavy atom. The molecule has 4 fully saturated rings. The first-order valence-corrected chi connectivity index (χ1v) is 11.7. The maximum absolute atomic E-state index is 12.9. The summed E-state index contributed by atoms with van der Waals surface area (Å²) in [7, 11) is 0. The highest BCUT2D eigenvalue weighted by Crippen LogP contribution is 2.32. The van der Waals surface area contributed by atoms with Crippen LogP contribution in [0.3, 0.4) is 0 Å². The van der Waals surface area contributed by atoms with Gasteiger partial charge in [-0.15, -0.1) is 0 Å². The third kappa shape index (κ3) is 4.59. The standard InChI is InChI=1S/C26H26O8/c27-25(19-7-3-1-5-15(19)9-17-11-29-17)33-21-13-31-24-22(14-32-23(21)24)34-26(28)20-8-4-2-6-16(20)10-18-12-30-18/h1-8,17-18,21-24H,9-14H2/t17?,18?,21-,22+,23-,24-/m1/s1. The molecule has 0 aliphatic carbocycles. The zero-order valence-electron chi connectivity index (χ0n) is 18.6. The highest BCUT2D eigenvalue weighted by molar-refractivity contribution is 5.92. The fourth-order valence-corrected chi connectivity index (χ4v) is 4.69. The summed E-state index contributed by atoms with van der Waals surface area (Å²) in [6.07, 6.45) is -0.377. The number of ether oxygens (including phenoxy) is 6. The number of carbonyl (C=O) groups excluding carboxylic acids is 2. The van der Waals surface area contributed by atoms with E-state index in [-0.39, 0.29) is 25.4 Å². The van der Waals surface area contributed by atoms with Gasteiger partial charge >= 0.3 is 11.9 Å². The van der Waals surface area contributed by atoms with E-state index in [0.717, 1.165) is 24.3 Å². The number of esters is 2. The van der Waals surface area contributed by atoms with Gasteiger partial charge in [0.2, 0.25) is 0 Å². The van der Waals surface area contributed by atoms with Crippen LogP contribution in [-0.2, 0) is 41.3 Å². The van der Waals surface area contributed by atoms with Gasteiger partial charge in [-0.1, -0.05) is 36.4 Å². The van der Waals surface area contributed by atoms with Gasteiger partial charge in [-0.25, -0.2) is 9.59 Å². The fraction of sp³-hybridized carbons (Fsp3) is 0.462. The second-order valence-electron chi connectivity index (χ2n) is 9.12. The summed E-state index contributed by atoms with van der Waals surface area (Å²) in [5, 5.41) is 0. The molecule has 178 valence electrons. The average Bonchev–Trinajstić information content (AvgIpc) is 3.76. The lowest BCUT2D eigenvalue weighted by molar-refractivity contribution is -0.0288. The van der Waals surface area contributed by atoms with E-state index >= 15 is 0 Å². The Bertz CT molecular complexity index is 990. The molecule has 0 spiro atoms. The van der Waals surface area contributed by atoms with E-state index in [1.807, 2.05) is 36.4 Å². The maximum atomic E-state index is 12.9. The van der Waals surface area contributed by atoms with Crippen molar-refractivity contribution >= 4 is 11.9 Å². The van der Waals surface area contributed by atoms with Crippen molar-refractivity contribution in [2.75, 3.05) is 26.4 Å². The van der Waals surface area contributed by atoms with Gasteiger partial charge in [-0.05, 0) is 23.3 Å². The van der Waals surface area contributed by atoms with Crippen LogP contribution in [0.15, 0.2) is 48.5 Å². The molecule has 0 amide bonds. The van der Waals surface area contributed by atoms with Crippen LogP contribution in [0.1, 0.15) is 31.8 Å². The Balaban J connectivity index is 1.09. The van der Waals surface area contributed by atoms with E-state index in [1.165, 1.54) is 0 Å². The summed E-state index contributed by atoms with van der Waals surface area (Å²) in [6, 6.07) is 14.8. The lowest BCUT2D eigenvalue weighted by Gasteiger charge is -2.18. The third-order valence-corrected chi connectivity index (χ3v) is 6.65. The monoisotopic (exact) mass is 466 g/mol. The Hall–Kier alpha value is -2.78. The van der Waals surface area contributed by atoms with Crippen molar-refractivity contribution in [3.05, 3.63) is 70.8 Å². The first-order valence-electron chi connectivity index (χ1n) is 11.7. The highest BCUT2D eigenvalue weighted by Gasteiger charge is 2.51. The van der Waals surface area contributed by atoms with Crippen molar-refractivity contribution in [1.29, 1.82) is 0 Å². The molecule has 4 heterocycles. The van der Waals surface area contributed by atoms with Crippen LogP contribution in [0.5, 0.6) is 0 Å². The quantitative estimate of drug-likeness (QED) is 0.431. The third-order valence-electron chi connectivity index (χ3n) is 6.65. The van der Waals surface area contributed by atoms with Gasteiger partial charge in [0, 0.05) is 12.8 Å². The van der Waals surface area contributed by atoms with Crippen LogP contribution in [0.4, 0.5) is 0 Å². The molecular weight excluding hydrogens is 440 g/mol. The molecular formula is C26H26O8. The van der Waals surface area contributed by atoms with Crippen molar-refractivity contribution in [1.82, 2.24) is 0 Å². The van der Waals surface area contributed by atoms with Crippen LogP contribution in [-0.4, -0.2) is 75.0 Å². The van der Waals surface area contributed by atoms with Crippen LogP contribution in [0, 0.1) is 0 Å². The van der Waals surface area contributed by atoms with E-state index in [9.17, 15) is 9.59 Å². The molecule has 8 heteroatoms. The van der Waals surface area contributed by atoms with E-state index in [4.69, 9.17) is 28.4 Å². The largest absolute Gasteiger partial charge is 0.453 e. The molecule has 6 rings (SSSR count). The number of carbonyl (C=O) groups is 2. The molecule has 0 aromatic heterocycles. The predicted octanol–water partition coefficient (Wildman–Crippen LogP) is 2.12. The maximum Gasteiger partial charge on any atom is 0.338 e. The first kappa shape index (κ1) is 21.7. The zero-order valence-corrected chi connectivity index (χ0v) is 18.6. The van der Waals surface area contributed by atoms with Crippen LogP contribution in [0.25, 0.3) is 0 Å². The normalized spacial score (nSPS) is 31.1. The summed E-state index contributed by atoms with van der Waals surface area (Å²) < 4.78 is 33.9. The molecule has 34 heavy (non-hydrogen) atoms. The summed E-state index contributed by atoms with van der Waals surface area (Å²) in [5.41, 5.74) is 2.86. The average molecular weight is 466 g/mol. The van der Waals surface area contributed by atoms with Crippen LogP contribution in [0.2, 0.25) is 0 Å².